The highest BCUT2D eigenvalue weighted by Gasteiger charge is 2.31. The Balaban J connectivity index is 1.72. The molecule has 1 amide bonds. The summed E-state index contributed by atoms with van der Waals surface area (Å²) in [5, 5.41) is 3.14. The molecule has 0 bridgehead atoms. The summed E-state index contributed by atoms with van der Waals surface area (Å²) in [6.45, 7) is 0.399. The van der Waals surface area contributed by atoms with Crippen molar-refractivity contribution in [3.63, 3.8) is 0 Å². The number of hydrogen-bond acceptors (Lipinski definition) is 5. The SMILES string of the molecule is COCCOc1ccc(C(F)(F)F)cc1NC(=O)CSc1nc2ccccc2n1C. The Hall–Kier alpha value is -2.72. The molecular formula is C20H20F3N3O3S. The van der Waals surface area contributed by atoms with Gasteiger partial charge in [-0.1, -0.05) is 23.9 Å². The molecular weight excluding hydrogens is 419 g/mol. The van der Waals surface area contributed by atoms with E-state index in [1.165, 1.54) is 24.9 Å². The zero-order valence-corrected chi connectivity index (χ0v) is 17.1. The Morgan fingerprint density at radius 3 is 2.67 bits per heavy atom. The minimum atomic E-state index is -4.54. The quantitative estimate of drug-likeness (QED) is 0.418. The number of nitrogens with zero attached hydrogens (tertiary/aromatic N) is 2. The third kappa shape index (κ3) is 5.25. The van der Waals surface area contributed by atoms with Crippen LogP contribution in [-0.4, -0.2) is 41.5 Å². The highest BCUT2D eigenvalue weighted by atomic mass is 32.2. The lowest BCUT2D eigenvalue weighted by molar-refractivity contribution is -0.137. The summed E-state index contributed by atoms with van der Waals surface area (Å²) in [5.74, 6) is -0.352. The van der Waals surface area contributed by atoms with Crippen molar-refractivity contribution in [3.8, 4) is 5.75 Å². The topological polar surface area (TPSA) is 65.4 Å². The van der Waals surface area contributed by atoms with Gasteiger partial charge in [0.05, 0.1) is 34.6 Å². The van der Waals surface area contributed by atoms with Gasteiger partial charge in [0.1, 0.15) is 12.4 Å². The first-order valence-corrected chi connectivity index (χ1v) is 9.95. The number of ether oxygens (including phenoxy) is 2. The van der Waals surface area contributed by atoms with Gasteiger partial charge in [-0.05, 0) is 30.3 Å². The van der Waals surface area contributed by atoms with Gasteiger partial charge in [-0.25, -0.2) is 4.98 Å². The number of para-hydroxylation sites is 2. The number of anilines is 1. The van der Waals surface area contributed by atoms with Gasteiger partial charge in [0, 0.05) is 14.2 Å². The number of aryl methyl sites for hydroxylation is 1. The van der Waals surface area contributed by atoms with E-state index in [2.05, 4.69) is 10.3 Å². The molecule has 0 fully saturated rings. The van der Waals surface area contributed by atoms with E-state index in [0.717, 1.165) is 23.2 Å². The van der Waals surface area contributed by atoms with E-state index in [-0.39, 0.29) is 30.4 Å². The van der Waals surface area contributed by atoms with Gasteiger partial charge < -0.3 is 19.4 Å². The van der Waals surface area contributed by atoms with Crippen LogP contribution in [0.1, 0.15) is 5.56 Å². The Morgan fingerprint density at radius 1 is 1.20 bits per heavy atom. The van der Waals surface area contributed by atoms with Crippen LogP contribution in [0.25, 0.3) is 11.0 Å². The first-order valence-electron chi connectivity index (χ1n) is 8.96. The van der Waals surface area contributed by atoms with Crippen molar-refractivity contribution >= 4 is 34.4 Å². The predicted molar refractivity (Wildman–Crippen MR) is 109 cm³/mol. The van der Waals surface area contributed by atoms with E-state index < -0.39 is 17.6 Å². The van der Waals surface area contributed by atoms with Crippen LogP contribution in [0.4, 0.5) is 18.9 Å². The smallest absolute Gasteiger partial charge is 0.416 e. The molecule has 2 aromatic carbocycles. The number of methoxy groups -OCH3 is 1. The van der Waals surface area contributed by atoms with E-state index in [9.17, 15) is 18.0 Å². The number of carbonyl (C=O) groups excluding carboxylic acids is 1. The molecule has 10 heteroatoms. The minimum Gasteiger partial charge on any atom is -0.489 e. The lowest BCUT2D eigenvalue weighted by Gasteiger charge is -2.15. The zero-order chi connectivity index (χ0) is 21.7. The van der Waals surface area contributed by atoms with Crippen molar-refractivity contribution in [2.24, 2.45) is 7.05 Å². The van der Waals surface area contributed by atoms with Crippen LogP contribution in [-0.2, 0) is 22.8 Å². The molecule has 0 saturated heterocycles. The summed E-state index contributed by atoms with van der Waals surface area (Å²) in [7, 11) is 3.32. The number of imidazole rings is 1. The molecule has 1 N–H and O–H groups in total. The molecule has 30 heavy (non-hydrogen) atoms. The van der Waals surface area contributed by atoms with Crippen LogP contribution in [0.15, 0.2) is 47.6 Å². The van der Waals surface area contributed by atoms with Crippen molar-refractivity contribution < 1.29 is 27.4 Å². The molecule has 6 nitrogen and oxygen atoms in total. The highest BCUT2D eigenvalue weighted by molar-refractivity contribution is 7.99. The van der Waals surface area contributed by atoms with Gasteiger partial charge in [-0.3, -0.25) is 4.79 Å². The van der Waals surface area contributed by atoms with Gasteiger partial charge >= 0.3 is 6.18 Å². The van der Waals surface area contributed by atoms with Crippen molar-refractivity contribution in [2.45, 2.75) is 11.3 Å². The summed E-state index contributed by atoms with van der Waals surface area (Å²) >= 11 is 1.19. The fourth-order valence-corrected chi connectivity index (χ4v) is 3.52. The monoisotopic (exact) mass is 439 g/mol. The molecule has 3 rings (SSSR count). The van der Waals surface area contributed by atoms with Crippen molar-refractivity contribution in [1.82, 2.24) is 9.55 Å². The molecule has 0 radical (unpaired) electrons. The van der Waals surface area contributed by atoms with Gasteiger partial charge in [-0.2, -0.15) is 13.2 Å². The number of rotatable bonds is 8. The molecule has 1 heterocycles. The van der Waals surface area contributed by atoms with Gasteiger partial charge in [0.25, 0.3) is 0 Å². The van der Waals surface area contributed by atoms with Crippen LogP contribution >= 0.6 is 11.8 Å². The molecule has 1 aromatic heterocycles. The number of hydrogen-bond donors (Lipinski definition) is 1. The predicted octanol–water partition coefficient (Wildman–Crippen LogP) is 4.35. The maximum absolute atomic E-state index is 13.1. The maximum atomic E-state index is 13.1. The van der Waals surface area contributed by atoms with Crippen LogP contribution < -0.4 is 10.1 Å². The number of alkyl halides is 3. The first kappa shape index (κ1) is 22.0. The average molecular weight is 439 g/mol. The van der Waals surface area contributed by atoms with Crippen molar-refractivity contribution in [2.75, 3.05) is 31.4 Å². The van der Waals surface area contributed by atoms with E-state index in [1.54, 1.807) is 0 Å². The average Bonchev–Trinajstić information content (AvgIpc) is 3.03. The number of fused-ring (bicyclic) bond motifs is 1. The van der Waals surface area contributed by atoms with Crippen LogP contribution in [0.2, 0.25) is 0 Å². The maximum Gasteiger partial charge on any atom is 0.416 e. The number of benzene rings is 2. The summed E-state index contributed by atoms with van der Waals surface area (Å²) in [6, 6.07) is 10.5. The second-order valence-electron chi connectivity index (χ2n) is 6.33. The molecule has 0 aliphatic carbocycles. The number of aromatic nitrogens is 2. The lowest BCUT2D eigenvalue weighted by Crippen LogP contribution is -2.17. The zero-order valence-electron chi connectivity index (χ0n) is 16.3. The number of amides is 1. The normalized spacial score (nSPS) is 11.6. The van der Waals surface area contributed by atoms with Crippen molar-refractivity contribution in [1.29, 1.82) is 0 Å². The lowest BCUT2D eigenvalue weighted by atomic mass is 10.1. The summed E-state index contributed by atoms with van der Waals surface area (Å²) in [4.78, 5) is 16.9. The summed E-state index contributed by atoms with van der Waals surface area (Å²) in [6.07, 6.45) is -4.54. The van der Waals surface area contributed by atoms with Gasteiger partial charge in [0.15, 0.2) is 5.16 Å². The highest BCUT2D eigenvalue weighted by Crippen LogP contribution is 2.35. The fourth-order valence-electron chi connectivity index (χ4n) is 2.73. The van der Waals surface area contributed by atoms with E-state index in [4.69, 9.17) is 9.47 Å². The van der Waals surface area contributed by atoms with E-state index in [0.29, 0.717) is 5.16 Å². The molecule has 3 aromatic rings. The Bertz CT molecular complexity index is 1040. The molecule has 0 saturated carbocycles. The standard InChI is InChI=1S/C20H20F3N3O3S/c1-26-16-6-4-3-5-14(16)25-19(26)30-12-18(27)24-15-11-13(20(21,22)23)7-8-17(15)29-10-9-28-2/h3-8,11H,9-10,12H2,1-2H3,(H,24,27). The Labute approximate surface area is 175 Å². The van der Waals surface area contributed by atoms with Gasteiger partial charge in [0.2, 0.25) is 5.91 Å². The second-order valence-corrected chi connectivity index (χ2v) is 7.27. The van der Waals surface area contributed by atoms with Crippen LogP contribution in [0.3, 0.4) is 0 Å². The van der Waals surface area contributed by atoms with E-state index >= 15 is 0 Å². The molecule has 160 valence electrons. The molecule has 0 aliphatic rings. The minimum absolute atomic E-state index is 0.0229. The van der Waals surface area contributed by atoms with Crippen LogP contribution in [0, 0.1) is 0 Å². The largest absolute Gasteiger partial charge is 0.489 e. The Morgan fingerprint density at radius 2 is 1.97 bits per heavy atom. The van der Waals surface area contributed by atoms with Crippen LogP contribution in [0.5, 0.6) is 5.75 Å². The number of carbonyl (C=O) groups is 1. The first-order chi connectivity index (χ1) is 14.3. The molecule has 0 aliphatic heterocycles. The number of thioether (sulfide) groups is 1. The second kappa shape index (κ2) is 9.40. The third-order valence-electron chi connectivity index (χ3n) is 4.20. The number of halogens is 3. The Kier molecular flexibility index (Phi) is 6.88. The fraction of sp³-hybridized carbons (Fsp3) is 0.300. The summed E-state index contributed by atoms with van der Waals surface area (Å²) in [5.41, 5.74) is 0.804. The van der Waals surface area contributed by atoms with Crippen molar-refractivity contribution in [3.05, 3.63) is 48.0 Å². The number of nitrogens with one attached hydrogen (secondary N) is 1. The molecule has 0 atom stereocenters. The van der Waals surface area contributed by atoms with E-state index in [1.807, 2.05) is 35.9 Å². The van der Waals surface area contributed by atoms with Gasteiger partial charge in [-0.15, -0.1) is 0 Å². The summed E-state index contributed by atoms with van der Waals surface area (Å²) < 4.78 is 51.4. The molecule has 0 spiro atoms. The third-order valence-corrected chi connectivity index (χ3v) is 5.23. The molecule has 0 unspecified atom stereocenters.